The van der Waals surface area contributed by atoms with Gasteiger partial charge in [0, 0.05) is 26.4 Å². The third kappa shape index (κ3) is 13.5. The van der Waals surface area contributed by atoms with Gasteiger partial charge in [-0.1, -0.05) is 108 Å². The molecule has 17 nitrogen and oxygen atoms in total. The number of benzene rings is 9. The van der Waals surface area contributed by atoms with Gasteiger partial charge in [-0.05, 0) is 135 Å². The molecule has 0 radical (unpaired) electrons. The van der Waals surface area contributed by atoms with Crippen LogP contribution in [0.25, 0.3) is 54.3 Å². The summed E-state index contributed by atoms with van der Waals surface area (Å²) < 4.78 is 27.9. The molecule has 11 aromatic rings. The Hall–Kier alpha value is -10.5. The molecule has 0 bridgehead atoms. The first kappa shape index (κ1) is 55.3. The number of halogens is 1. The van der Waals surface area contributed by atoms with Crippen molar-refractivity contribution in [1.29, 1.82) is 0 Å². The number of ether oxygens (including phenoxy) is 3. The molecule has 0 unspecified atom stereocenters. The lowest BCUT2D eigenvalue weighted by atomic mass is 10.1. The minimum atomic E-state index is -0.538. The zero-order valence-electron chi connectivity index (χ0n) is 43.7. The second-order valence-electron chi connectivity index (χ2n) is 17.8. The number of furan rings is 2. The molecule has 0 aliphatic rings. The zero-order valence-corrected chi connectivity index (χ0v) is 45.3. The van der Waals surface area contributed by atoms with E-state index in [0.29, 0.717) is 28.9 Å². The number of carbonyl (C=O) groups is 3. The summed E-state index contributed by atoms with van der Waals surface area (Å²) in [7, 11) is 2.87. The molecule has 6 N–H and O–H groups in total. The van der Waals surface area contributed by atoms with Gasteiger partial charge in [-0.25, -0.2) is 16.3 Å². The summed E-state index contributed by atoms with van der Waals surface area (Å²) in [5.41, 5.74) is 10.6. The van der Waals surface area contributed by atoms with Gasteiger partial charge >= 0.3 is 11.8 Å². The van der Waals surface area contributed by atoms with Crippen molar-refractivity contribution in [2.75, 3.05) is 20.8 Å². The number of hydrogen-bond donors (Lipinski definition) is 6. The van der Waals surface area contributed by atoms with Crippen LogP contribution >= 0.6 is 15.9 Å². The van der Waals surface area contributed by atoms with Crippen LogP contribution in [0.1, 0.15) is 61.5 Å². The summed E-state index contributed by atoms with van der Waals surface area (Å²) in [6, 6.07) is 53.1. The van der Waals surface area contributed by atoms with Gasteiger partial charge in [0.05, 0.1) is 45.0 Å². The largest absolute Gasteiger partial charge is 0.507 e. The van der Waals surface area contributed by atoms with E-state index in [1.165, 1.54) is 38.8 Å². The first-order valence-corrected chi connectivity index (χ1v) is 25.9. The molecule has 0 spiro atoms. The van der Waals surface area contributed by atoms with E-state index in [1.54, 1.807) is 48.7 Å². The fraction of sp³-hybridized carbons (Fsp3) is 0.0794. The number of methoxy groups -OCH3 is 2. The van der Waals surface area contributed by atoms with E-state index in [2.05, 4.69) is 54.4 Å². The normalized spacial score (nSPS) is 11.2. The zero-order chi connectivity index (χ0) is 56.8. The number of aromatic hydroxyl groups is 3. The summed E-state index contributed by atoms with van der Waals surface area (Å²) >= 11 is 3.29. The minimum absolute atomic E-state index is 0.0461. The predicted octanol–water partition coefficient (Wildman–Crippen LogP) is 13.0. The number of nitrogens with one attached hydrogen (secondary N) is 3. The standard InChI is InChI=1S/C23H20N2O3.C22H18N2O5.C18H13BrN2O3/c1-2-13-27-18-10-7-16(8-11-18)15-24-25-23(26)22-14-20-19-6-4-3-5-17(19)9-12-21(20)28-22;1-27-18-9-13(10-19(28-2)21(18)25)12-23-24-22(26)20-11-16-15-6-4-3-5-14(15)7-8-17(16)29-20;19-14-5-6-16(22)13(7-14)10-20-21-18(24)15-8-11-3-1-2-4-12(11)9-17(15)23/h3-12,14-15H,2,13H2,1H3,(H,25,26);3-12,25H,1-2H3,(H,24,26);1-10,22-23H,(H,21,24)/b24-15+;23-12+;20-10+. The maximum absolute atomic E-state index is 12.4. The van der Waals surface area contributed by atoms with Crippen LogP contribution in [0.5, 0.6) is 34.5 Å². The highest BCUT2D eigenvalue weighted by atomic mass is 79.9. The van der Waals surface area contributed by atoms with Gasteiger partial charge in [-0.15, -0.1) is 0 Å². The molecule has 3 amide bonds. The highest BCUT2D eigenvalue weighted by molar-refractivity contribution is 9.10. The van der Waals surface area contributed by atoms with Crippen molar-refractivity contribution in [3.63, 3.8) is 0 Å². The van der Waals surface area contributed by atoms with Crippen molar-refractivity contribution in [1.82, 2.24) is 16.3 Å². The van der Waals surface area contributed by atoms with E-state index in [0.717, 1.165) is 65.3 Å². The lowest BCUT2D eigenvalue weighted by Crippen LogP contribution is -2.17. The average molecular weight is 1150 g/mol. The molecule has 2 aromatic heterocycles. The third-order valence-corrected chi connectivity index (χ3v) is 12.9. The number of hydrazone groups is 3. The molecular formula is C63H51BrN6O11. The van der Waals surface area contributed by atoms with Crippen molar-refractivity contribution in [3.8, 4) is 34.5 Å². The first-order valence-electron chi connectivity index (χ1n) is 25.1. The predicted molar refractivity (Wildman–Crippen MR) is 317 cm³/mol. The molecule has 0 aliphatic heterocycles. The Morgan fingerprint density at radius 3 is 1.58 bits per heavy atom. The van der Waals surface area contributed by atoms with Crippen molar-refractivity contribution in [2.24, 2.45) is 15.3 Å². The summed E-state index contributed by atoms with van der Waals surface area (Å²) in [6.07, 6.45) is 5.29. The van der Waals surface area contributed by atoms with Crippen LogP contribution in [0.15, 0.2) is 205 Å². The lowest BCUT2D eigenvalue weighted by Gasteiger charge is -2.09. The smallest absolute Gasteiger partial charge is 0.307 e. The Bertz CT molecular complexity index is 4170. The van der Waals surface area contributed by atoms with E-state index in [4.69, 9.17) is 23.0 Å². The molecule has 0 aliphatic carbocycles. The Kier molecular flexibility index (Phi) is 17.6. The Morgan fingerprint density at radius 1 is 0.519 bits per heavy atom. The molecule has 406 valence electrons. The van der Waals surface area contributed by atoms with Crippen molar-refractivity contribution in [2.45, 2.75) is 13.3 Å². The highest BCUT2D eigenvalue weighted by Crippen LogP contribution is 2.37. The van der Waals surface area contributed by atoms with Crippen LogP contribution in [0.2, 0.25) is 0 Å². The molecule has 81 heavy (non-hydrogen) atoms. The van der Waals surface area contributed by atoms with E-state index < -0.39 is 11.8 Å². The molecule has 9 aromatic carbocycles. The molecule has 18 heteroatoms. The van der Waals surface area contributed by atoms with Crippen LogP contribution in [-0.2, 0) is 0 Å². The van der Waals surface area contributed by atoms with E-state index in [1.807, 2.05) is 121 Å². The van der Waals surface area contributed by atoms with Crippen molar-refractivity contribution in [3.05, 3.63) is 214 Å². The SMILES string of the molecule is CCCOc1ccc(/C=N/NC(=O)c2cc3c(ccc4ccccc43)o2)cc1.COc1cc(/C=N/NC(=O)c2cc3c(ccc4ccccc43)o2)cc(OC)c1O.O=C(N/N=C/c1cc(Br)ccc1O)c1cc2ccccc2cc1O. The van der Waals surface area contributed by atoms with E-state index in [9.17, 15) is 29.7 Å². The topological polar surface area (TPSA) is 239 Å². The molecule has 0 fully saturated rings. The van der Waals surface area contributed by atoms with Crippen LogP contribution in [0.4, 0.5) is 0 Å². The van der Waals surface area contributed by atoms with Crippen molar-refractivity contribution >= 4 is 107 Å². The van der Waals surface area contributed by atoms with Gasteiger partial charge in [0.1, 0.15) is 28.4 Å². The monoisotopic (exact) mass is 1150 g/mol. The number of carbonyl (C=O) groups excluding carboxylic acids is 3. The molecule has 11 rings (SSSR count). The van der Waals surface area contributed by atoms with Gasteiger partial charge in [-0.3, -0.25) is 14.4 Å². The van der Waals surface area contributed by atoms with Crippen LogP contribution in [0, 0.1) is 0 Å². The van der Waals surface area contributed by atoms with Crippen LogP contribution < -0.4 is 30.5 Å². The van der Waals surface area contributed by atoms with Crippen LogP contribution in [-0.4, -0.2) is 72.5 Å². The van der Waals surface area contributed by atoms with Crippen molar-refractivity contribution < 1.29 is 52.7 Å². The fourth-order valence-electron chi connectivity index (χ4n) is 8.37. The van der Waals surface area contributed by atoms with Gasteiger partial charge in [-0.2, -0.15) is 15.3 Å². The lowest BCUT2D eigenvalue weighted by molar-refractivity contribution is 0.0922. The quantitative estimate of drug-likeness (QED) is 0.0442. The van der Waals surface area contributed by atoms with Crippen LogP contribution in [0.3, 0.4) is 0 Å². The Balaban J connectivity index is 0.000000147. The fourth-order valence-corrected chi connectivity index (χ4v) is 8.75. The second kappa shape index (κ2) is 25.8. The minimum Gasteiger partial charge on any atom is -0.507 e. The van der Waals surface area contributed by atoms with E-state index in [-0.39, 0.29) is 51.7 Å². The molecular weight excluding hydrogens is 1100 g/mol. The number of phenols is 3. The first-order chi connectivity index (χ1) is 39.4. The summed E-state index contributed by atoms with van der Waals surface area (Å²) in [4.78, 5) is 37.0. The number of amides is 3. The number of nitrogens with zero attached hydrogens (tertiary/aromatic N) is 3. The average Bonchev–Trinajstić information content (AvgIpc) is 4.20. The number of hydrogen-bond acceptors (Lipinski definition) is 14. The molecule has 0 saturated heterocycles. The number of rotatable bonds is 14. The van der Waals surface area contributed by atoms with Gasteiger partial charge in [0.15, 0.2) is 23.0 Å². The number of fused-ring (bicyclic) bond motifs is 7. The van der Waals surface area contributed by atoms with Gasteiger partial charge in [0.2, 0.25) is 5.75 Å². The molecule has 2 heterocycles. The third-order valence-electron chi connectivity index (χ3n) is 12.4. The summed E-state index contributed by atoms with van der Waals surface area (Å²) in [5, 5.41) is 49.2. The maximum atomic E-state index is 12.4. The Morgan fingerprint density at radius 2 is 1.02 bits per heavy atom. The molecule has 0 atom stereocenters. The van der Waals surface area contributed by atoms with Gasteiger partial charge < -0.3 is 38.4 Å². The second-order valence-corrected chi connectivity index (χ2v) is 18.7. The highest BCUT2D eigenvalue weighted by Gasteiger charge is 2.17. The molecule has 0 saturated carbocycles. The number of phenolic OH excluding ortho intramolecular Hbond substituents is 3. The van der Waals surface area contributed by atoms with E-state index >= 15 is 0 Å². The summed E-state index contributed by atoms with van der Waals surface area (Å²) in [5.74, 6) is 0.103. The maximum Gasteiger partial charge on any atom is 0.307 e. The Labute approximate surface area is 471 Å². The van der Waals surface area contributed by atoms with Gasteiger partial charge in [0.25, 0.3) is 5.91 Å². The summed E-state index contributed by atoms with van der Waals surface area (Å²) in [6.45, 7) is 2.75.